The Morgan fingerprint density at radius 3 is 2.67 bits per heavy atom. The van der Waals surface area contributed by atoms with Crippen LogP contribution in [0.2, 0.25) is 0 Å². The van der Waals surface area contributed by atoms with E-state index in [1.165, 1.54) is 7.11 Å². The van der Waals surface area contributed by atoms with Gasteiger partial charge in [0.25, 0.3) is 0 Å². The average Bonchev–Trinajstić information content (AvgIpc) is 2.74. The Morgan fingerprint density at radius 2 is 2.00 bits per heavy atom. The first-order valence-corrected chi connectivity index (χ1v) is 6.56. The van der Waals surface area contributed by atoms with Gasteiger partial charge in [-0.15, -0.1) is 0 Å². The minimum Gasteiger partial charge on any atom is -0.469 e. The van der Waals surface area contributed by atoms with Crippen molar-refractivity contribution >= 4 is 5.97 Å². The number of hydrogen-bond acceptors (Lipinski definition) is 5. The van der Waals surface area contributed by atoms with Gasteiger partial charge in [0.1, 0.15) is 0 Å². The minimum atomic E-state index is -0.0821. The molecule has 106 valence electrons. The van der Waals surface area contributed by atoms with E-state index >= 15 is 0 Å². The highest BCUT2D eigenvalue weighted by atomic mass is 16.5. The number of ether oxygens (including phenoxy) is 3. The zero-order valence-electron chi connectivity index (χ0n) is 11.7. The first-order chi connectivity index (χ1) is 8.69. The molecule has 1 fully saturated rings. The molecule has 0 spiro atoms. The van der Waals surface area contributed by atoms with Crippen LogP contribution in [0.15, 0.2) is 0 Å². The number of carbonyl (C=O) groups excluding carboxylic acids is 1. The zero-order valence-corrected chi connectivity index (χ0v) is 11.7. The number of carbonyl (C=O) groups is 1. The number of methoxy groups -OCH3 is 2. The maximum atomic E-state index is 11.5. The molecule has 0 radical (unpaired) electrons. The second-order valence-electron chi connectivity index (χ2n) is 4.83. The Bertz CT molecular complexity index is 247. The molecule has 0 aliphatic carbocycles. The summed E-state index contributed by atoms with van der Waals surface area (Å²) in [6.07, 6.45) is 0.990. The van der Waals surface area contributed by atoms with Crippen LogP contribution < -0.4 is 0 Å². The Kier molecular flexibility index (Phi) is 7.23. The third-order valence-electron chi connectivity index (χ3n) is 3.39. The lowest BCUT2D eigenvalue weighted by Crippen LogP contribution is -2.26. The first-order valence-electron chi connectivity index (χ1n) is 6.56. The molecule has 0 amide bonds. The van der Waals surface area contributed by atoms with Crippen molar-refractivity contribution in [3.05, 3.63) is 0 Å². The van der Waals surface area contributed by atoms with Crippen molar-refractivity contribution in [3.8, 4) is 0 Å². The van der Waals surface area contributed by atoms with E-state index in [-0.39, 0.29) is 11.9 Å². The van der Waals surface area contributed by atoms with Crippen LogP contribution in [0.5, 0.6) is 0 Å². The summed E-state index contributed by atoms with van der Waals surface area (Å²) < 4.78 is 15.1. The van der Waals surface area contributed by atoms with Crippen molar-refractivity contribution < 1.29 is 19.0 Å². The van der Waals surface area contributed by atoms with Crippen LogP contribution in [0.4, 0.5) is 0 Å². The summed E-state index contributed by atoms with van der Waals surface area (Å²) in [7, 11) is 3.13. The van der Waals surface area contributed by atoms with Gasteiger partial charge >= 0.3 is 5.97 Å². The molecule has 0 aromatic rings. The Labute approximate surface area is 109 Å². The van der Waals surface area contributed by atoms with E-state index in [1.54, 1.807) is 7.11 Å². The van der Waals surface area contributed by atoms with Gasteiger partial charge in [0.15, 0.2) is 0 Å². The molecule has 0 N–H and O–H groups in total. The van der Waals surface area contributed by atoms with Crippen molar-refractivity contribution in [1.29, 1.82) is 0 Å². The Morgan fingerprint density at radius 1 is 1.22 bits per heavy atom. The molecule has 1 heterocycles. The van der Waals surface area contributed by atoms with E-state index in [9.17, 15) is 4.79 Å². The summed E-state index contributed by atoms with van der Waals surface area (Å²) in [6, 6.07) is 0. The molecule has 0 bridgehead atoms. The van der Waals surface area contributed by atoms with Crippen LogP contribution in [0.3, 0.4) is 0 Å². The number of esters is 1. The Balaban J connectivity index is 2.12. The van der Waals surface area contributed by atoms with E-state index in [0.29, 0.717) is 19.1 Å². The van der Waals surface area contributed by atoms with E-state index in [1.807, 2.05) is 0 Å². The monoisotopic (exact) mass is 259 g/mol. The zero-order chi connectivity index (χ0) is 13.4. The topological polar surface area (TPSA) is 48.0 Å². The number of nitrogens with zero attached hydrogens (tertiary/aromatic N) is 1. The summed E-state index contributed by atoms with van der Waals surface area (Å²) in [4.78, 5) is 13.8. The van der Waals surface area contributed by atoms with Crippen LogP contribution in [-0.2, 0) is 19.0 Å². The van der Waals surface area contributed by atoms with E-state index in [2.05, 4.69) is 11.8 Å². The molecule has 2 atom stereocenters. The molecular weight excluding hydrogens is 234 g/mol. The van der Waals surface area contributed by atoms with Gasteiger partial charge in [0.2, 0.25) is 0 Å². The molecule has 5 nitrogen and oxygen atoms in total. The molecule has 2 unspecified atom stereocenters. The van der Waals surface area contributed by atoms with Crippen molar-refractivity contribution in [2.45, 2.75) is 13.3 Å². The molecule has 0 saturated carbocycles. The fraction of sp³-hybridized carbons (Fsp3) is 0.923. The lowest BCUT2D eigenvalue weighted by molar-refractivity contribution is -0.146. The van der Waals surface area contributed by atoms with Crippen molar-refractivity contribution in [2.75, 3.05) is 53.7 Å². The summed E-state index contributed by atoms with van der Waals surface area (Å²) in [5.41, 5.74) is 0. The summed E-state index contributed by atoms with van der Waals surface area (Å²) in [6.45, 7) is 6.91. The van der Waals surface area contributed by atoms with Crippen molar-refractivity contribution in [1.82, 2.24) is 4.90 Å². The lowest BCUT2D eigenvalue weighted by atomic mass is 9.99. The maximum absolute atomic E-state index is 11.5. The number of likely N-dealkylation sites (tertiary alicyclic amines) is 1. The van der Waals surface area contributed by atoms with Crippen LogP contribution >= 0.6 is 0 Å². The molecule has 18 heavy (non-hydrogen) atoms. The largest absolute Gasteiger partial charge is 0.469 e. The quantitative estimate of drug-likeness (QED) is 0.476. The predicted molar refractivity (Wildman–Crippen MR) is 68.4 cm³/mol. The van der Waals surface area contributed by atoms with Gasteiger partial charge in [-0.3, -0.25) is 4.79 Å². The molecule has 1 aliphatic rings. The van der Waals surface area contributed by atoms with Crippen molar-refractivity contribution in [2.24, 2.45) is 11.8 Å². The highest BCUT2D eigenvalue weighted by molar-refractivity contribution is 5.73. The molecule has 5 heteroatoms. The SMILES string of the molecule is COCCOCCCN1CC(C)C(C(=O)OC)C1. The second kappa shape index (κ2) is 8.45. The van der Waals surface area contributed by atoms with Gasteiger partial charge in [-0.2, -0.15) is 0 Å². The fourth-order valence-electron chi connectivity index (χ4n) is 2.34. The Hall–Kier alpha value is -0.650. The first kappa shape index (κ1) is 15.4. The van der Waals surface area contributed by atoms with Gasteiger partial charge in [0, 0.05) is 33.4 Å². The van der Waals surface area contributed by atoms with E-state index in [4.69, 9.17) is 14.2 Å². The van der Waals surface area contributed by atoms with Crippen LogP contribution in [0.1, 0.15) is 13.3 Å². The fourth-order valence-corrected chi connectivity index (χ4v) is 2.34. The van der Waals surface area contributed by atoms with E-state index < -0.39 is 0 Å². The summed E-state index contributed by atoms with van der Waals surface area (Å²) in [5.74, 6) is 0.331. The van der Waals surface area contributed by atoms with Crippen molar-refractivity contribution in [3.63, 3.8) is 0 Å². The smallest absolute Gasteiger partial charge is 0.310 e. The van der Waals surface area contributed by atoms with Gasteiger partial charge < -0.3 is 19.1 Å². The standard InChI is InChI=1S/C13H25NO4/c1-11-9-14(10-12(11)13(15)17-3)5-4-6-18-8-7-16-2/h11-12H,4-10H2,1-3H3. The van der Waals surface area contributed by atoms with Gasteiger partial charge in [-0.05, 0) is 12.3 Å². The third-order valence-corrected chi connectivity index (χ3v) is 3.39. The lowest BCUT2D eigenvalue weighted by Gasteiger charge is -2.15. The van der Waals surface area contributed by atoms with Crippen LogP contribution in [-0.4, -0.2) is 64.5 Å². The van der Waals surface area contributed by atoms with Gasteiger partial charge in [-0.25, -0.2) is 0 Å². The molecule has 1 saturated heterocycles. The minimum absolute atomic E-state index is 0.0319. The number of hydrogen-bond donors (Lipinski definition) is 0. The summed E-state index contributed by atoms with van der Waals surface area (Å²) in [5, 5.41) is 0. The normalized spacial score (nSPS) is 24.4. The van der Waals surface area contributed by atoms with E-state index in [0.717, 1.165) is 32.7 Å². The van der Waals surface area contributed by atoms with Crippen LogP contribution in [0.25, 0.3) is 0 Å². The number of rotatable bonds is 8. The van der Waals surface area contributed by atoms with Gasteiger partial charge in [-0.1, -0.05) is 6.92 Å². The average molecular weight is 259 g/mol. The summed E-state index contributed by atoms with van der Waals surface area (Å²) >= 11 is 0. The van der Waals surface area contributed by atoms with Crippen LogP contribution in [0, 0.1) is 11.8 Å². The molecule has 0 aromatic heterocycles. The predicted octanol–water partition coefficient (Wildman–Crippen LogP) is 0.780. The molecule has 1 aliphatic heterocycles. The maximum Gasteiger partial charge on any atom is 0.310 e. The highest BCUT2D eigenvalue weighted by Gasteiger charge is 2.34. The highest BCUT2D eigenvalue weighted by Crippen LogP contribution is 2.23. The second-order valence-corrected chi connectivity index (χ2v) is 4.83. The van der Waals surface area contributed by atoms with Gasteiger partial charge in [0.05, 0.1) is 26.2 Å². The molecule has 0 aromatic carbocycles. The molecular formula is C13H25NO4. The molecule has 1 rings (SSSR count). The third kappa shape index (κ3) is 4.92.